The van der Waals surface area contributed by atoms with E-state index in [4.69, 9.17) is 4.74 Å². The normalized spacial score (nSPS) is 10.2. The van der Waals surface area contributed by atoms with Gasteiger partial charge in [0.1, 0.15) is 0 Å². The van der Waals surface area contributed by atoms with E-state index in [2.05, 4.69) is 21.2 Å². The number of hydrogen-bond acceptors (Lipinski definition) is 4. The summed E-state index contributed by atoms with van der Waals surface area (Å²) >= 11 is 3.27. The maximum Gasteiger partial charge on any atom is 0.339 e. The molecule has 0 aliphatic carbocycles. The zero-order valence-corrected chi connectivity index (χ0v) is 16.8. The summed E-state index contributed by atoms with van der Waals surface area (Å²) in [5.41, 5.74) is 1.30. The van der Waals surface area contributed by atoms with Gasteiger partial charge in [-0.1, -0.05) is 18.2 Å². The molecule has 2 rings (SSSR count). The molecule has 142 valence electrons. The molecule has 0 aliphatic heterocycles. The van der Waals surface area contributed by atoms with Crippen LogP contribution in [0.3, 0.4) is 0 Å². The Kier molecular flexibility index (Phi) is 7.55. The minimum atomic E-state index is -0.594. The third kappa shape index (κ3) is 5.65. The Balaban J connectivity index is 1.96. The van der Waals surface area contributed by atoms with Gasteiger partial charge < -0.3 is 15.0 Å². The number of nitrogens with one attached hydrogen (secondary N) is 1. The lowest BCUT2D eigenvalue weighted by atomic mass is 10.1. The second kappa shape index (κ2) is 9.87. The Morgan fingerprint density at radius 3 is 2.41 bits per heavy atom. The number of nitrogens with zero attached hydrogens (tertiary/aromatic N) is 1. The molecule has 0 aliphatic rings. The quantitative estimate of drug-likeness (QED) is 0.676. The number of ether oxygens (including phenoxy) is 1. The summed E-state index contributed by atoms with van der Waals surface area (Å²) in [6.07, 6.45) is 0. The lowest BCUT2D eigenvalue weighted by molar-refractivity contribution is -0.119. The van der Waals surface area contributed by atoms with E-state index in [1.165, 1.54) is 0 Å². The number of esters is 1. The van der Waals surface area contributed by atoms with Crippen molar-refractivity contribution in [2.24, 2.45) is 0 Å². The molecule has 0 bridgehead atoms. The van der Waals surface area contributed by atoms with Crippen LogP contribution in [0.15, 0.2) is 53.0 Å². The highest BCUT2D eigenvalue weighted by Crippen LogP contribution is 2.17. The molecule has 2 aromatic rings. The van der Waals surface area contributed by atoms with Crippen LogP contribution in [-0.2, 0) is 9.53 Å². The predicted molar refractivity (Wildman–Crippen MR) is 107 cm³/mol. The van der Waals surface area contributed by atoms with E-state index in [-0.39, 0.29) is 5.91 Å². The van der Waals surface area contributed by atoms with Crippen LogP contribution in [0.5, 0.6) is 0 Å². The molecule has 0 aromatic heterocycles. The van der Waals surface area contributed by atoms with Crippen LogP contribution in [0.4, 0.5) is 5.69 Å². The summed E-state index contributed by atoms with van der Waals surface area (Å²) < 4.78 is 5.63. The van der Waals surface area contributed by atoms with Gasteiger partial charge in [-0.25, -0.2) is 4.79 Å². The van der Waals surface area contributed by atoms with E-state index in [1.54, 1.807) is 53.4 Å². The van der Waals surface area contributed by atoms with Crippen molar-refractivity contribution < 1.29 is 19.1 Å². The molecule has 1 N–H and O–H groups in total. The number of carbonyl (C=O) groups is 3. The van der Waals surface area contributed by atoms with E-state index in [1.807, 2.05) is 13.8 Å². The van der Waals surface area contributed by atoms with Crippen molar-refractivity contribution >= 4 is 39.4 Å². The molecule has 0 saturated heterocycles. The molecule has 2 amide bonds. The highest BCUT2D eigenvalue weighted by Gasteiger charge is 2.15. The molecule has 0 atom stereocenters. The van der Waals surface area contributed by atoms with Gasteiger partial charge in [0.25, 0.3) is 11.8 Å². The van der Waals surface area contributed by atoms with Crippen molar-refractivity contribution in [3.05, 3.63) is 64.1 Å². The Hall–Kier alpha value is -2.67. The van der Waals surface area contributed by atoms with Crippen LogP contribution in [0, 0.1) is 0 Å². The van der Waals surface area contributed by atoms with E-state index in [0.29, 0.717) is 34.4 Å². The lowest BCUT2D eigenvalue weighted by Gasteiger charge is -2.19. The predicted octanol–water partition coefficient (Wildman–Crippen LogP) is 3.73. The molecule has 0 saturated carbocycles. The highest BCUT2D eigenvalue weighted by molar-refractivity contribution is 9.10. The molecule has 6 nitrogen and oxygen atoms in total. The number of anilines is 1. The Morgan fingerprint density at radius 1 is 1.04 bits per heavy atom. The number of carbonyl (C=O) groups excluding carboxylic acids is 3. The van der Waals surface area contributed by atoms with Crippen molar-refractivity contribution in [1.29, 1.82) is 0 Å². The van der Waals surface area contributed by atoms with Crippen molar-refractivity contribution in [3.8, 4) is 0 Å². The smallest absolute Gasteiger partial charge is 0.339 e. The second-order valence-electron chi connectivity index (χ2n) is 5.66. The largest absolute Gasteiger partial charge is 0.452 e. The maximum absolute atomic E-state index is 12.4. The Bertz CT molecular complexity index is 834. The summed E-state index contributed by atoms with van der Waals surface area (Å²) in [4.78, 5) is 38.2. The van der Waals surface area contributed by atoms with Gasteiger partial charge >= 0.3 is 5.97 Å². The first-order valence-electron chi connectivity index (χ1n) is 8.57. The molecule has 7 heteroatoms. The molecular formula is C20H21BrN2O4. The van der Waals surface area contributed by atoms with E-state index >= 15 is 0 Å². The summed E-state index contributed by atoms with van der Waals surface area (Å²) in [6.45, 7) is 4.61. The second-order valence-corrected chi connectivity index (χ2v) is 6.52. The van der Waals surface area contributed by atoms with E-state index in [9.17, 15) is 14.4 Å². The molecule has 0 fully saturated rings. The van der Waals surface area contributed by atoms with Gasteiger partial charge in [-0.2, -0.15) is 0 Å². The molecule has 27 heavy (non-hydrogen) atoms. The third-order valence-electron chi connectivity index (χ3n) is 3.87. The van der Waals surface area contributed by atoms with Crippen LogP contribution in [-0.4, -0.2) is 42.4 Å². The molecule has 0 heterocycles. The van der Waals surface area contributed by atoms with Gasteiger partial charge in [-0.15, -0.1) is 0 Å². The number of hydrogen-bond donors (Lipinski definition) is 1. The average molecular weight is 433 g/mol. The van der Waals surface area contributed by atoms with Crippen LogP contribution in [0.25, 0.3) is 0 Å². The van der Waals surface area contributed by atoms with Crippen LogP contribution in [0.1, 0.15) is 34.6 Å². The average Bonchev–Trinajstić information content (AvgIpc) is 2.67. The van der Waals surface area contributed by atoms with Gasteiger partial charge in [0.15, 0.2) is 6.61 Å². The van der Waals surface area contributed by atoms with E-state index < -0.39 is 18.5 Å². The fourth-order valence-corrected chi connectivity index (χ4v) is 2.90. The fraction of sp³-hybridized carbons (Fsp3) is 0.250. The Morgan fingerprint density at radius 2 is 1.74 bits per heavy atom. The third-order valence-corrected chi connectivity index (χ3v) is 4.56. The topological polar surface area (TPSA) is 75.7 Å². The summed E-state index contributed by atoms with van der Waals surface area (Å²) in [5.74, 6) is -1.18. The van der Waals surface area contributed by atoms with Crippen LogP contribution >= 0.6 is 15.9 Å². The first-order chi connectivity index (χ1) is 13.0. The molecule has 2 aromatic carbocycles. The monoisotopic (exact) mass is 432 g/mol. The number of rotatable bonds is 7. The Labute approximate surface area is 166 Å². The van der Waals surface area contributed by atoms with Crippen molar-refractivity contribution in [1.82, 2.24) is 4.90 Å². The van der Waals surface area contributed by atoms with Gasteiger partial charge in [-0.05, 0) is 60.1 Å². The summed E-state index contributed by atoms with van der Waals surface area (Å²) in [5, 5.41) is 2.63. The van der Waals surface area contributed by atoms with Gasteiger partial charge in [0.2, 0.25) is 0 Å². The first kappa shape index (κ1) is 20.6. The summed E-state index contributed by atoms with van der Waals surface area (Å²) in [7, 11) is 0. The minimum absolute atomic E-state index is 0.101. The fourth-order valence-electron chi connectivity index (χ4n) is 2.46. The first-order valence-corrected chi connectivity index (χ1v) is 9.36. The van der Waals surface area contributed by atoms with Gasteiger partial charge in [-0.3, -0.25) is 9.59 Å². The molecule has 0 spiro atoms. The van der Waals surface area contributed by atoms with Crippen molar-refractivity contribution in [3.63, 3.8) is 0 Å². The van der Waals surface area contributed by atoms with Gasteiger partial charge in [0, 0.05) is 28.8 Å². The van der Waals surface area contributed by atoms with Crippen molar-refractivity contribution in [2.45, 2.75) is 13.8 Å². The number of halogens is 1. The van der Waals surface area contributed by atoms with Crippen LogP contribution < -0.4 is 5.32 Å². The zero-order valence-electron chi connectivity index (χ0n) is 15.2. The molecular weight excluding hydrogens is 412 g/mol. The van der Waals surface area contributed by atoms with Crippen LogP contribution in [0.2, 0.25) is 0 Å². The van der Waals surface area contributed by atoms with E-state index in [0.717, 1.165) is 0 Å². The van der Waals surface area contributed by atoms with Crippen molar-refractivity contribution in [2.75, 3.05) is 25.0 Å². The maximum atomic E-state index is 12.4. The lowest BCUT2D eigenvalue weighted by Crippen LogP contribution is -2.30. The zero-order chi connectivity index (χ0) is 19.8. The standard InChI is InChI=1S/C20H21BrN2O4/c1-3-23(4-2)19(25)14-8-7-9-15(12-14)22-18(24)13-27-20(26)16-10-5-6-11-17(16)21/h5-12H,3-4,13H2,1-2H3,(H,22,24). The number of amides is 2. The SMILES string of the molecule is CCN(CC)C(=O)c1cccc(NC(=O)COC(=O)c2ccccc2Br)c1. The molecule has 0 unspecified atom stereocenters. The number of benzene rings is 2. The summed E-state index contributed by atoms with van der Waals surface area (Å²) in [6, 6.07) is 13.5. The highest BCUT2D eigenvalue weighted by atomic mass is 79.9. The molecule has 0 radical (unpaired) electrons. The van der Waals surface area contributed by atoms with Gasteiger partial charge in [0.05, 0.1) is 5.56 Å². The minimum Gasteiger partial charge on any atom is -0.452 e.